The standard InChI is InChI=1S/C12H14Br3NOS/c1-7(13)8-2-4-16(5-3-8)12(17)9-6-10(14)18-11(9)15/h6-8H,2-5H2,1H3. The van der Waals surface area contributed by atoms with Gasteiger partial charge in [0.25, 0.3) is 5.91 Å². The third-order valence-electron chi connectivity index (χ3n) is 3.36. The van der Waals surface area contributed by atoms with E-state index < -0.39 is 0 Å². The summed E-state index contributed by atoms with van der Waals surface area (Å²) in [6, 6.07) is 1.90. The highest BCUT2D eigenvalue weighted by molar-refractivity contribution is 9.12. The topological polar surface area (TPSA) is 20.3 Å². The number of halogens is 3. The Morgan fingerprint density at radius 2 is 2.06 bits per heavy atom. The highest BCUT2D eigenvalue weighted by Crippen LogP contribution is 2.33. The van der Waals surface area contributed by atoms with Crippen LogP contribution >= 0.6 is 59.1 Å². The molecule has 1 aliphatic heterocycles. The maximum atomic E-state index is 12.4. The second kappa shape index (κ2) is 6.37. The minimum absolute atomic E-state index is 0.143. The Labute approximate surface area is 137 Å². The molecule has 1 saturated heterocycles. The van der Waals surface area contributed by atoms with Crippen molar-refractivity contribution < 1.29 is 4.79 Å². The van der Waals surface area contributed by atoms with Crippen molar-refractivity contribution in [1.82, 2.24) is 4.90 Å². The van der Waals surface area contributed by atoms with Crippen molar-refractivity contribution in [1.29, 1.82) is 0 Å². The van der Waals surface area contributed by atoms with Crippen molar-refractivity contribution in [3.05, 3.63) is 19.2 Å². The third-order valence-corrected chi connectivity index (χ3v) is 6.45. The van der Waals surface area contributed by atoms with E-state index in [9.17, 15) is 4.79 Å². The molecule has 6 heteroatoms. The normalized spacial score (nSPS) is 19.0. The van der Waals surface area contributed by atoms with Crippen molar-refractivity contribution >= 4 is 65.0 Å². The molecule has 1 amide bonds. The Morgan fingerprint density at radius 3 is 2.50 bits per heavy atom. The molecule has 0 aliphatic carbocycles. The van der Waals surface area contributed by atoms with Crippen LogP contribution in [0.15, 0.2) is 13.6 Å². The molecule has 100 valence electrons. The first-order valence-electron chi connectivity index (χ1n) is 5.87. The number of carbonyl (C=O) groups excluding carboxylic acids is 1. The number of alkyl halides is 1. The first kappa shape index (κ1) is 15.0. The van der Waals surface area contributed by atoms with E-state index in [1.165, 1.54) is 0 Å². The van der Waals surface area contributed by atoms with Gasteiger partial charge in [0.05, 0.1) is 13.1 Å². The zero-order chi connectivity index (χ0) is 13.3. The molecule has 2 nitrogen and oxygen atoms in total. The summed E-state index contributed by atoms with van der Waals surface area (Å²) in [7, 11) is 0. The number of likely N-dealkylation sites (tertiary alicyclic amines) is 1. The number of piperidine rings is 1. The molecule has 1 atom stereocenters. The van der Waals surface area contributed by atoms with Crippen molar-refractivity contribution in [3.63, 3.8) is 0 Å². The molecular formula is C12H14Br3NOS. The van der Waals surface area contributed by atoms with Crippen LogP contribution in [0.2, 0.25) is 0 Å². The van der Waals surface area contributed by atoms with Crippen LogP contribution in [0, 0.1) is 5.92 Å². The molecule has 0 N–H and O–H groups in total. The second-order valence-electron chi connectivity index (χ2n) is 4.55. The Kier molecular flexibility index (Phi) is 5.31. The van der Waals surface area contributed by atoms with E-state index in [-0.39, 0.29) is 5.91 Å². The molecule has 1 unspecified atom stereocenters. The Bertz CT molecular complexity index is 439. The summed E-state index contributed by atoms with van der Waals surface area (Å²) in [6.45, 7) is 3.91. The summed E-state index contributed by atoms with van der Waals surface area (Å²) in [5.41, 5.74) is 0.775. The Morgan fingerprint density at radius 1 is 1.44 bits per heavy atom. The van der Waals surface area contributed by atoms with E-state index >= 15 is 0 Å². The molecule has 1 aromatic heterocycles. The lowest BCUT2D eigenvalue weighted by molar-refractivity contribution is 0.0691. The third kappa shape index (κ3) is 3.38. The highest BCUT2D eigenvalue weighted by atomic mass is 79.9. The van der Waals surface area contributed by atoms with Gasteiger partial charge in [-0.1, -0.05) is 22.9 Å². The van der Waals surface area contributed by atoms with E-state index in [4.69, 9.17) is 0 Å². The predicted molar refractivity (Wildman–Crippen MR) is 86.7 cm³/mol. The first-order chi connectivity index (χ1) is 8.49. The van der Waals surface area contributed by atoms with Crippen LogP contribution in [0.1, 0.15) is 30.1 Å². The van der Waals surface area contributed by atoms with Gasteiger partial charge < -0.3 is 4.90 Å². The van der Waals surface area contributed by atoms with Gasteiger partial charge in [0.2, 0.25) is 0 Å². The quantitative estimate of drug-likeness (QED) is 0.575. The van der Waals surface area contributed by atoms with E-state index in [0.29, 0.717) is 10.7 Å². The second-order valence-corrected chi connectivity index (χ2v) is 9.74. The smallest absolute Gasteiger partial charge is 0.255 e. The fourth-order valence-corrected chi connectivity index (χ4v) is 5.52. The van der Waals surface area contributed by atoms with Crippen LogP contribution in [0.4, 0.5) is 0 Å². The van der Waals surface area contributed by atoms with Crippen LogP contribution in [0.25, 0.3) is 0 Å². The average molecular weight is 460 g/mol. The van der Waals surface area contributed by atoms with Gasteiger partial charge in [-0.25, -0.2) is 0 Å². The lowest BCUT2D eigenvalue weighted by Crippen LogP contribution is -2.39. The summed E-state index contributed by atoms with van der Waals surface area (Å²) < 4.78 is 1.90. The maximum Gasteiger partial charge on any atom is 0.255 e. The molecule has 1 aromatic rings. The monoisotopic (exact) mass is 457 g/mol. The molecular weight excluding hydrogens is 446 g/mol. The van der Waals surface area contributed by atoms with Crippen molar-refractivity contribution in [2.75, 3.05) is 13.1 Å². The van der Waals surface area contributed by atoms with Crippen LogP contribution in [-0.4, -0.2) is 28.7 Å². The molecule has 18 heavy (non-hydrogen) atoms. The predicted octanol–water partition coefficient (Wildman–Crippen LogP) is 4.91. The zero-order valence-electron chi connectivity index (χ0n) is 9.96. The first-order valence-corrected chi connectivity index (χ1v) is 9.19. The molecule has 1 aliphatic rings. The summed E-state index contributed by atoms with van der Waals surface area (Å²) in [4.78, 5) is 14.9. The molecule has 0 saturated carbocycles. The highest BCUT2D eigenvalue weighted by Gasteiger charge is 2.27. The summed E-state index contributed by atoms with van der Waals surface area (Å²) >= 11 is 12.1. The van der Waals surface area contributed by atoms with Crippen LogP contribution in [-0.2, 0) is 0 Å². The van der Waals surface area contributed by atoms with Gasteiger partial charge in [0, 0.05) is 17.9 Å². The molecule has 0 bridgehead atoms. The summed E-state index contributed by atoms with van der Waals surface area (Å²) in [6.07, 6.45) is 2.17. The molecule has 1 fully saturated rings. The van der Waals surface area contributed by atoms with E-state index in [1.807, 2.05) is 11.0 Å². The van der Waals surface area contributed by atoms with Gasteiger partial charge in [-0.2, -0.15) is 0 Å². The number of hydrogen-bond acceptors (Lipinski definition) is 2. The van der Waals surface area contributed by atoms with Gasteiger partial charge >= 0.3 is 0 Å². The SMILES string of the molecule is CC(Br)C1CCN(C(=O)c2cc(Br)sc2Br)CC1. The lowest BCUT2D eigenvalue weighted by atomic mass is 9.94. The average Bonchev–Trinajstić information content (AvgIpc) is 2.67. The minimum atomic E-state index is 0.143. The van der Waals surface area contributed by atoms with Gasteiger partial charge in [-0.3, -0.25) is 4.79 Å². The summed E-state index contributed by atoms with van der Waals surface area (Å²) in [5, 5.41) is 0. The number of hydrogen-bond donors (Lipinski definition) is 0. The number of rotatable bonds is 2. The number of nitrogens with zero attached hydrogens (tertiary/aromatic N) is 1. The van der Waals surface area contributed by atoms with Gasteiger partial charge in [-0.05, 0) is 56.7 Å². The molecule has 2 rings (SSSR count). The van der Waals surface area contributed by atoms with E-state index in [0.717, 1.165) is 39.1 Å². The molecule has 0 aromatic carbocycles. The summed E-state index contributed by atoms with van der Waals surface area (Å²) in [5.74, 6) is 0.830. The maximum absolute atomic E-state index is 12.4. The van der Waals surface area contributed by atoms with Crippen LogP contribution < -0.4 is 0 Å². The molecule has 0 radical (unpaired) electrons. The van der Waals surface area contributed by atoms with E-state index in [2.05, 4.69) is 54.7 Å². The van der Waals surface area contributed by atoms with Gasteiger partial charge in [0.1, 0.15) is 0 Å². The van der Waals surface area contributed by atoms with Crippen molar-refractivity contribution in [3.8, 4) is 0 Å². The number of amides is 1. The largest absolute Gasteiger partial charge is 0.339 e. The molecule has 0 spiro atoms. The van der Waals surface area contributed by atoms with Crippen LogP contribution in [0.3, 0.4) is 0 Å². The number of carbonyl (C=O) groups is 1. The van der Waals surface area contributed by atoms with Crippen molar-refractivity contribution in [2.45, 2.75) is 24.6 Å². The lowest BCUT2D eigenvalue weighted by Gasteiger charge is -2.33. The van der Waals surface area contributed by atoms with Gasteiger partial charge in [0.15, 0.2) is 0 Å². The Hall–Kier alpha value is 0.610. The van der Waals surface area contributed by atoms with E-state index in [1.54, 1.807) is 11.3 Å². The van der Waals surface area contributed by atoms with Gasteiger partial charge in [-0.15, -0.1) is 11.3 Å². The zero-order valence-corrected chi connectivity index (χ0v) is 15.5. The number of thiophene rings is 1. The Balaban J connectivity index is 2.02. The van der Waals surface area contributed by atoms with Crippen molar-refractivity contribution in [2.24, 2.45) is 5.92 Å². The fourth-order valence-electron chi connectivity index (χ4n) is 2.22. The van der Waals surface area contributed by atoms with Crippen LogP contribution in [0.5, 0.6) is 0 Å². The fraction of sp³-hybridized carbons (Fsp3) is 0.583. The molecule has 2 heterocycles. The minimum Gasteiger partial charge on any atom is -0.339 e.